The zero-order valence-electron chi connectivity index (χ0n) is 21.5. The summed E-state index contributed by atoms with van der Waals surface area (Å²) < 4.78 is 95.8. The number of alkyl halides is 6. The van der Waals surface area contributed by atoms with Crippen LogP contribution in [-0.4, -0.2) is 23.7 Å². The number of hydrogen-bond acceptors (Lipinski definition) is 3. The highest BCUT2D eigenvalue weighted by molar-refractivity contribution is 6.00. The highest BCUT2D eigenvalue weighted by Gasteiger charge is 2.54. The minimum atomic E-state index is -4.81. The molecule has 1 amide bonds. The molecular formula is C29H24F7N2O3+. The molecule has 41 heavy (non-hydrogen) atoms. The summed E-state index contributed by atoms with van der Waals surface area (Å²) in [5.74, 6) is 2.89. The lowest BCUT2D eigenvalue weighted by atomic mass is 9.81. The van der Waals surface area contributed by atoms with Gasteiger partial charge in [-0.15, -0.1) is 0 Å². The molecule has 12 heteroatoms. The van der Waals surface area contributed by atoms with Gasteiger partial charge in [0.2, 0.25) is 5.60 Å². The SMILES string of the molecule is CO[NH2+]c1ccc(NC(=O)C(O)(C#Cc2ccccc2)CC2(c3cc(C(F)(F)F)ccc3F)CC2)cc1C(F)(F)F. The van der Waals surface area contributed by atoms with Gasteiger partial charge >= 0.3 is 12.4 Å². The zero-order chi connectivity index (χ0) is 30.1. The van der Waals surface area contributed by atoms with Crippen molar-refractivity contribution in [2.75, 3.05) is 12.4 Å². The summed E-state index contributed by atoms with van der Waals surface area (Å²) in [5, 5.41) is 13.8. The van der Waals surface area contributed by atoms with E-state index in [9.17, 15) is 40.6 Å². The second-order valence-corrected chi connectivity index (χ2v) is 9.73. The first kappa shape index (κ1) is 30.0. The average Bonchev–Trinajstić information content (AvgIpc) is 3.68. The summed E-state index contributed by atoms with van der Waals surface area (Å²) in [4.78, 5) is 18.1. The third kappa shape index (κ3) is 6.87. The first-order chi connectivity index (χ1) is 19.2. The minimum Gasteiger partial charge on any atom is -0.369 e. The maximum absolute atomic E-state index is 14.8. The molecular weight excluding hydrogens is 557 g/mol. The molecule has 5 nitrogen and oxygen atoms in total. The fraction of sp³-hybridized carbons (Fsp3) is 0.276. The minimum absolute atomic E-state index is 0.146. The molecule has 0 heterocycles. The van der Waals surface area contributed by atoms with Gasteiger partial charge in [-0.05, 0) is 60.9 Å². The smallest absolute Gasteiger partial charge is 0.369 e. The average molecular weight is 582 g/mol. The van der Waals surface area contributed by atoms with Gasteiger partial charge in [0.25, 0.3) is 5.91 Å². The van der Waals surface area contributed by atoms with E-state index in [0.717, 1.165) is 17.6 Å². The topological polar surface area (TPSA) is 75.2 Å². The molecule has 3 aromatic rings. The molecule has 1 saturated carbocycles. The summed E-state index contributed by atoms with van der Waals surface area (Å²) in [7, 11) is 1.17. The van der Waals surface area contributed by atoms with Crippen molar-refractivity contribution < 1.29 is 51.0 Å². The second-order valence-electron chi connectivity index (χ2n) is 9.73. The highest BCUT2D eigenvalue weighted by atomic mass is 19.4. The van der Waals surface area contributed by atoms with Crippen molar-refractivity contribution in [3.05, 3.63) is 94.8 Å². The molecule has 0 radical (unpaired) electrons. The van der Waals surface area contributed by atoms with Gasteiger partial charge in [-0.3, -0.25) is 4.79 Å². The standard InChI is InChI=1S/C29H23F7N2O3/c1-41-38-24-10-8-20(16-22(24)29(34,35)36)37-25(39)27(40,12-11-18-5-3-2-4-6-18)17-26(13-14-26)21-15-19(28(31,32)33)7-9-23(21)30/h2-10,15-16,38,40H,13-14,17H2,1H3,(H,37,39)/p+1. The first-order valence-electron chi connectivity index (χ1n) is 12.2. The van der Waals surface area contributed by atoms with Crippen LogP contribution in [0.2, 0.25) is 0 Å². The van der Waals surface area contributed by atoms with Gasteiger partial charge in [0.1, 0.15) is 11.4 Å². The van der Waals surface area contributed by atoms with Crippen LogP contribution in [0.5, 0.6) is 0 Å². The van der Waals surface area contributed by atoms with Gasteiger partial charge in [0, 0.05) is 29.2 Å². The molecule has 216 valence electrons. The number of carbonyl (C=O) groups excluding carboxylic acids is 1. The van der Waals surface area contributed by atoms with Crippen LogP contribution >= 0.6 is 0 Å². The fourth-order valence-corrected chi connectivity index (χ4v) is 4.51. The van der Waals surface area contributed by atoms with Gasteiger partial charge in [0.15, 0.2) is 5.69 Å². The largest absolute Gasteiger partial charge is 0.422 e. The Hall–Kier alpha value is -3.92. The summed E-state index contributed by atoms with van der Waals surface area (Å²) in [5.41, 5.74) is -5.93. The van der Waals surface area contributed by atoms with Crippen LogP contribution in [0.3, 0.4) is 0 Å². The predicted octanol–water partition coefficient (Wildman–Crippen LogP) is 5.46. The normalized spacial score (nSPS) is 15.8. The number of nitrogens with two attached hydrogens (primary N) is 1. The third-order valence-electron chi connectivity index (χ3n) is 6.74. The maximum Gasteiger partial charge on any atom is 0.422 e. The van der Waals surface area contributed by atoms with E-state index in [-0.39, 0.29) is 29.8 Å². The maximum atomic E-state index is 14.8. The number of carbonyl (C=O) groups is 1. The Morgan fingerprint density at radius 2 is 1.68 bits per heavy atom. The van der Waals surface area contributed by atoms with E-state index in [1.165, 1.54) is 7.11 Å². The first-order valence-corrected chi connectivity index (χ1v) is 12.2. The molecule has 3 aromatic carbocycles. The number of quaternary nitrogens is 1. The molecule has 1 aliphatic rings. The van der Waals surface area contributed by atoms with Gasteiger partial charge in [0.05, 0.1) is 12.7 Å². The van der Waals surface area contributed by atoms with E-state index in [4.69, 9.17) is 0 Å². The molecule has 4 rings (SSSR count). The monoisotopic (exact) mass is 581 g/mol. The molecule has 1 aliphatic carbocycles. The molecule has 1 unspecified atom stereocenters. The molecule has 1 atom stereocenters. The number of benzene rings is 3. The van der Waals surface area contributed by atoms with Gasteiger partial charge in [-0.2, -0.15) is 31.8 Å². The van der Waals surface area contributed by atoms with Crippen molar-refractivity contribution in [2.24, 2.45) is 0 Å². The molecule has 0 bridgehead atoms. The van der Waals surface area contributed by atoms with Crippen LogP contribution in [0, 0.1) is 17.7 Å². The van der Waals surface area contributed by atoms with E-state index in [0.29, 0.717) is 29.8 Å². The van der Waals surface area contributed by atoms with Crippen LogP contribution in [0.1, 0.15) is 41.5 Å². The molecule has 1 fully saturated rings. The molecule has 0 aliphatic heterocycles. The quantitative estimate of drug-likeness (QED) is 0.150. The third-order valence-corrected chi connectivity index (χ3v) is 6.74. The predicted molar refractivity (Wildman–Crippen MR) is 134 cm³/mol. The number of halogens is 7. The van der Waals surface area contributed by atoms with Crippen LogP contribution in [0.15, 0.2) is 66.7 Å². The van der Waals surface area contributed by atoms with Crippen LogP contribution in [-0.2, 0) is 27.4 Å². The van der Waals surface area contributed by atoms with Crippen molar-refractivity contribution in [1.29, 1.82) is 0 Å². The number of anilines is 1. The summed E-state index contributed by atoms with van der Waals surface area (Å²) >= 11 is 0. The summed E-state index contributed by atoms with van der Waals surface area (Å²) in [6, 6.07) is 12.9. The highest BCUT2D eigenvalue weighted by Crippen LogP contribution is 2.55. The molecule has 4 N–H and O–H groups in total. The van der Waals surface area contributed by atoms with Gasteiger partial charge < -0.3 is 10.4 Å². The second kappa shape index (κ2) is 11.2. The van der Waals surface area contributed by atoms with E-state index < -0.39 is 52.6 Å². The lowest BCUT2D eigenvalue weighted by molar-refractivity contribution is -0.830. The number of hydrogen-bond donors (Lipinski definition) is 3. The van der Waals surface area contributed by atoms with Crippen molar-refractivity contribution in [3.8, 4) is 11.8 Å². The van der Waals surface area contributed by atoms with Gasteiger partial charge in [-0.1, -0.05) is 30.0 Å². The molecule has 0 aromatic heterocycles. The molecule has 0 spiro atoms. The van der Waals surface area contributed by atoms with Crippen LogP contribution < -0.4 is 10.8 Å². The Bertz CT molecular complexity index is 1490. The van der Waals surface area contributed by atoms with E-state index in [2.05, 4.69) is 22.0 Å². The van der Waals surface area contributed by atoms with Crippen molar-refractivity contribution in [1.82, 2.24) is 0 Å². The number of nitrogens with one attached hydrogen (secondary N) is 1. The Balaban J connectivity index is 1.73. The number of rotatable bonds is 7. The van der Waals surface area contributed by atoms with Crippen molar-refractivity contribution >= 4 is 17.3 Å². The zero-order valence-corrected chi connectivity index (χ0v) is 21.5. The van der Waals surface area contributed by atoms with Crippen molar-refractivity contribution in [3.63, 3.8) is 0 Å². The van der Waals surface area contributed by atoms with Crippen LogP contribution in [0.25, 0.3) is 0 Å². The van der Waals surface area contributed by atoms with E-state index in [1.54, 1.807) is 30.3 Å². The number of aliphatic hydroxyl groups is 1. The van der Waals surface area contributed by atoms with Crippen LogP contribution in [0.4, 0.5) is 42.1 Å². The Morgan fingerprint density at radius 3 is 2.27 bits per heavy atom. The Labute approximate surface area is 230 Å². The molecule has 0 saturated heterocycles. The van der Waals surface area contributed by atoms with Crippen molar-refractivity contribution in [2.45, 2.75) is 42.6 Å². The Kier molecular flexibility index (Phi) is 8.18. The van der Waals surface area contributed by atoms with E-state index >= 15 is 0 Å². The fourth-order valence-electron chi connectivity index (χ4n) is 4.51. The summed E-state index contributed by atoms with van der Waals surface area (Å²) in [6.07, 6.45) is -9.89. The van der Waals surface area contributed by atoms with Gasteiger partial charge in [-0.25, -0.2) is 9.23 Å². The lowest BCUT2D eigenvalue weighted by Gasteiger charge is -2.28. The van der Waals surface area contributed by atoms with E-state index in [1.807, 2.05) is 0 Å². The number of amides is 1. The lowest BCUT2D eigenvalue weighted by Crippen LogP contribution is -2.76. The Morgan fingerprint density at radius 1 is 1.00 bits per heavy atom. The summed E-state index contributed by atoms with van der Waals surface area (Å²) in [6.45, 7) is 0.